The minimum absolute atomic E-state index is 0.113. The van der Waals surface area contributed by atoms with E-state index in [1.54, 1.807) is 29.9 Å². The number of nitrogens with zero attached hydrogens (tertiary/aromatic N) is 3. The van der Waals surface area contributed by atoms with Crippen molar-refractivity contribution in [2.45, 2.75) is 46.2 Å². The Morgan fingerprint density at radius 2 is 2.05 bits per heavy atom. The van der Waals surface area contributed by atoms with Gasteiger partial charge in [-0.05, 0) is 27.2 Å². The summed E-state index contributed by atoms with van der Waals surface area (Å²) in [7, 11) is 0. The Labute approximate surface area is 118 Å². The van der Waals surface area contributed by atoms with E-state index in [1.165, 1.54) is 4.88 Å². The van der Waals surface area contributed by atoms with Crippen LogP contribution in [0.2, 0.25) is 0 Å². The van der Waals surface area contributed by atoms with Crippen molar-refractivity contribution in [1.29, 1.82) is 0 Å². The molecule has 0 fully saturated rings. The van der Waals surface area contributed by atoms with Crippen LogP contribution in [0.5, 0.6) is 0 Å². The second kappa shape index (κ2) is 5.75. The van der Waals surface area contributed by atoms with Crippen LogP contribution in [-0.4, -0.2) is 20.5 Å². The van der Waals surface area contributed by atoms with Crippen LogP contribution in [0.25, 0.3) is 10.7 Å². The molecule has 1 N–H and O–H groups in total. The monoisotopic (exact) mass is 276 g/mol. The van der Waals surface area contributed by atoms with Gasteiger partial charge >= 0.3 is 0 Å². The van der Waals surface area contributed by atoms with Crippen molar-refractivity contribution >= 4 is 11.3 Å². The number of thiazole rings is 1. The summed E-state index contributed by atoms with van der Waals surface area (Å²) in [5.74, 6) is 0. The van der Waals surface area contributed by atoms with Crippen LogP contribution in [0, 0.1) is 0 Å². The number of nitrogens with one attached hydrogen (secondary N) is 1. The second-order valence-electron chi connectivity index (χ2n) is 5.44. The summed E-state index contributed by atoms with van der Waals surface area (Å²) < 4.78 is 0. The van der Waals surface area contributed by atoms with Crippen LogP contribution in [0.4, 0.5) is 0 Å². The predicted octanol–water partition coefficient (Wildman–Crippen LogP) is 3.05. The van der Waals surface area contributed by atoms with E-state index in [-0.39, 0.29) is 5.54 Å². The van der Waals surface area contributed by atoms with Crippen molar-refractivity contribution in [3.8, 4) is 10.7 Å². The first-order valence-electron chi connectivity index (χ1n) is 6.49. The molecule has 0 radical (unpaired) electrons. The highest BCUT2D eigenvalue weighted by Gasteiger charge is 2.15. The maximum absolute atomic E-state index is 4.68. The molecule has 0 aliphatic rings. The maximum Gasteiger partial charge on any atom is 0.144 e. The van der Waals surface area contributed by atoms with Crippen LogP contribution in [0.15, 0.2) is 18.6 Å². The van der Waals surface area contributed by atoms with Crippen molar-refractivity contribution in [2.75, 3.05) is 0 Å². The van der Waals surface area contributed by atoms with Gasteiger partial charge in [0.15, 0.2) is 0 Å². The molecular weight excluding hydrogens is 256 g/mol. The van der Waals surface area contributed by atoms with Crippen molar-refractivity contribution in [3.63, 3.8) is 0 Å². The van der Waals surface area contributed by atoms with Crippen molar-refractivity contribution in [3.05, 3.63) is 29.2 Å². The molecule has 0 amide bonds. The van der Waals surface area contributed by atoms with Gasteiger partial charge < -0.3 is 5.32 Å². The Morgan fingerprint density at radius 3 is 2.63 bits per heavy atom. The number of aromatic nitrogens is 3. The van der Waals surface area contributed by atoms with Crippen LogP contribution < -0.4 is 5.32 Å². The molecule has 4 nitrogen and oxygen atoms in total. The van der Waals surface area contributed by atoms with Crippen LogP contribution in [0.1, 0.15) is 38.3 Å². The third kappa shape index (κ3) is 3.81. The summed E-state index contributed by atoms with van der Waals surface area (Å²) in [5, 5.41) is 4.47. The van der Waals surface area contributed by atoms with Gasteiger partial charge in [-0.25, -0.2) is 4.98 Å². The van der Waals surface area contributed by atoms with E-state index in [2.05, 4.69) is 48.0 Å². The molecule has 0 spiro atoms. The zero-order valence-corrected chi connectivity index (χ0v) is 12.7. The molecule has 0 bridgehead atoms. The summed E-state index contributed by atoms with van der Waals surface area (Å²) in [4.78, 5) is 14.4. The number of rotatable bonds is 4. The number of hydrogen-bond donors (Lipinski definition) is 1. The lowest BCUT2D eigenvalue weighted by atomic mass is 10.1. The Bertz CT molecular complexity index is 528. The van der Waals surface area contributed by atoms with Crippen molar-refractivity contribution < 1.29 is 0 Å². The quantitative estimate of drug-likeness (QED) is 0.932. The maximum atomic E-state index is 4.68. The smallest absolute Gasteiger partial charge is 0.144 e. The molecule has 0 aliphatic heterocycles. The van der Waals surface area contributed by atoms with Crippen molar-refractivity contribution in [2.24, 2.45) is 0 Å². The number of hydrogen-bond acceptors (Lipinski definition) is 5. The molecule has 2 heterocycles. The van der Waals surface area contributed by atoms with E-state index in [0.717, 1.165) is 29.4 Å². The van der Waals surface area contributed by atoms with Gasteiger partial charge in [0.05, 0.1) is 11.9 Å². The fraction of sp³-hybridized carbons (Fsp3) is 0.500. The van der Waals surface area contributed by atoms with E-state index in [4.69, 9.17) is 0 Å². The molecular formula is C14H20N4S. The first-order valence-corrected chi connectivity index (χ1v) is 7.31. The van der Waals surface area contributed by atoms with Gasteiger partial charge in [0, 0.05) is 29.4 Å². The normalized spacial score (nSPS) is 11.8. The minimum Gasteiger partial charge on any atom is -0.307 e. The zero-order valence-electron chi connectivity index (χ0n) is 11.9. The van der Waals surface area contributed by atoms with Crippen LogP contribution in [0.3, 0.4) is 0 Å². The predicted molar refractivity (Wildman–Crippen MR) is 79.1 cm³/mol. The van der Waals surface area contributed by atoms with Gasteiger partial charge in [-0.15, -0.1) is 11.3 Å². The van der Waals surface area contributed by atoms with Gasteiger partial charge in [-0.2, -0.15) is 0 Å². The zero-order chi connectivity index (χ0) is 13.9. The summed E-state index contributed by atoms with van der Waals surface area (Å²) in [6.45, 7) is 9.50. The SMILES string of the molecule is CCc1nc(-c2cnccn2)sc1CNC(C)(C)C. The first-order chi connectivity index (χ1) is 8.99. The van der Waals surface area contributed by atoms with Gasteiger partial charge in [-0.1, -0.05) is 6.92 Å². The van der Waals surface area contributed by atoms with E-state index in [9.17, 15) is 0 Å². The van der Waals surface area contributed by atoms with Gasteiger partial charge in [-0.3, -0.25) is 9.97 Å². The third-order valence-corrected chi connectivity index (χ3v) is 3.79. The highest BCUT2D eigenvalue weighted by atomic mass is 32.1. The molecule has 2 aromatic heterocycles. The molecule has 2 aromatic rings. The van der Waals surface area contributed by atoms with Crippen LogP contribution >= 0.6 is 11.3 Å². The van der Waals surface area contributed by atoms with Gasteiger partial charge in [0.1, 0.15) is 10.7 Å². The lowest BCUT2D eigenvalue weighted by Crippen LogP contribution is -2.35. The average molecular weight is 276 g/mol. The lowest BCUT2D eigenvalue weighted by Gasteiger charge is -2.20. The fourth-order valence-corrected chi connectivity index (χ4v) is 2.71. The minimum atomic E-state index is 0.113. The molecule has 0 aliphatic carbocycles. The Hall–Kier alpha value is -1.33. The largest absolute Gasteiger partial charge is 0.307 e. The topological polar surface area (TPSA) is 50.7 Å². The summed E-state index contributed by atoms with van der Waals surface area (Å²) in [6, 6.07) is 0. The Kier molecular flexibility index (Phi) is 4.27. The number of aryl methyl sites for hydroxylation is 1. The molecule has 0 aromatic carbocycles. The molecule has 2 rings (SSSR count). The van der Waals surface area contributed by atoms with E-state index >= 15 is 0 Å². The standard InChI is InChI=1S/C14H20N4S/c1-5-10-12(9-17-14(2,3)4)19-13(18-10)11-8-15-6-7-16-11/h6-8,17H,5,9H2,1-4H3. The van der Waals surface area contributed by atoms with Gasteiger partial charge in [0.25, 0.3) is 0 Å². The second-order valence-corrected chi connectivity index (χ2v) is 6.52. The van der Waals surface area contributed by atoms with Crippen molar-refractivity contribution in [1.82, 2.24) is 20.3 Å². The van der Waals surface area contributed by atoms with E-state index in [0.29, 0.717) is 0 Å². The molecule has 0 atom stereocenters. The Morgan fingerprint density at radius 1 is 1.26 bits per heavy atom. The fourth-order valence-electron chi connectivity index (χ4n) is 1.66. The molecule has 0 unspecified atom stereocenters. The first kappa shape index (κ1) is 14.1. The van der Waals surface area contributed by atoms with E-state index < -0.39 is 0 Å². The summed E-state index contributed by atoms with van der Waals surface area (Å²) in [6.07, 6.45) is 6.09. The molecule has 102 valence electrons. The molecule has 0 saturated heterocycles. The summed E-state index contributed by atoms with van der Waals surface area (Å²) in [5.41, 5.74) is 2.12. The Balaban J connectivity index is 2.23. The molecule has 5 heteroatoms. The molecule has 19 heavy (non-hydrogen) atoms. The highest BCUT2D eigenvalue weighted by molar-refractivity contribution is 7.15. The lowest BCUT2D eigenvalue weighted by molar-refractivity contribution is 0.425. The van der Waals surface area contributed by atoms with E-state index in [1.807, 2.05) is 0 Å². The molecule has 0 saturated carbocycles. The van der Waals surface area contributed by atoms with Crippen LogP contribution in [-0.2, 0) is 13.0 Å². The van der Waals surface area contributed by atoms with Gasteiger partial charge in [0.2, 0.25) is 0 Å². The highest BCUT2D eigenvalue weighted by Crippen LogP contribution is 2.27. The summed E-state index contributed by atoms with van der Waals surface area (Å²) >= 11 is 1.70. The average Bonchev–Trinajstić information content (AvgIpc) is 2.80. The third-order valence-electron chi connectivity index (χ3n) is 2.67.